The van der Waals surface area contributed by atoms with Gasteiger partial charge in [0.15, 0.2) is 5.54 Å². The molecule has 3 atom stereocenters. The zero-order valence-electron chi connectivity index (χ0n) is 18.4. The fourth-order valence-electron chi connectivity index (χ4n) is 5.80. The van der Waals surface area contributed by atoms with Gasteiger partial charge < -0.3 is 13.7 Å². The van der Waals surface area contributed by atoms with Crippen molar-refractivity contribution in [1.82, 2.24) is 9.80 Å². The molecular formula is C24H20ClN3O4S2. The number of anilines is 1. The Balaban J connectivity index is 1.61. The molecule has 2 fully saturated rings. The smallest absolute Gasteiger partial charge is 0.254 e. The van der Waals surface area contributed by atoms with Crippen LogP contribution in [0.4, 0.5) is 5.69 Å². The Morgan fingerprint density at radius 1 is 1.12 bits per heavy atom. The van der Waals surface area contributed by atoms with Gasteiger partial charge in [0.25, 0.3) is 5.91 Å². The Morgan fingerprint density at radius 3 is 2.59 bits per heavy atom. The van der Waals surface area contributed by atoms with Crippen LogP contribution < -0.4 is 4.90 Å². The molecule has 7 nitrogen and oxygen atoms in total. The van der Waals surface area contributed by atoms with Crippen molar-refractivity contribution in [3.8, 4) is 0 Å². The summed E-state index contributed by atoms with van der Waals surface area (Å²) < 4.78 is 10.5. The minimum Gasteiger partial charge on any atom is -0.469 e. The van der Waals surface area contributed by atoms with Gasteiger partial charge in [0.2, 0.25) is 5.91 Å². The number of thiocarbonyl (C=S) groups is 1. The number of halogens is 1. The Hall–Kier alpha value is -2.59. The number of carbonyl (C=O) groups is 2. The Morgan fingerprint density at radius 2 is 1.88 bits per heavy atom. The predicted molar refractivity (Wildman–Crippen MR) is 133 cm³/mol. The molecule has 1 aromatic carbocycles. The van der Waals surface area contributed by atoms with Crippen LogP contribution in [0.3, 0.4) is 0 Å². The highest BCUT2D eigenvalue weighted by atomic mass is 35.5. The second-order valence-electron chi connectivity index (χ2n) is 8.76. The second-order valence-corrected chi connectivity index (χ2v) is 11.1. The van der Waals surface area contributed by atoms with Crippen LogP contribution in [0.15, 0.2) is 63.8 Å². The van der Waals surface area contributed by atoms with Crippen LogP contribution in [0.2, 0.25) is 5.02 Å². The van der Waals surface area contributed by atoms with E-state index in [1.54, 1.807) is 59.7 Å². The van der Waals surface area contributed by atoms with E-state index in [0.29, 0.717) is 33.0 Å². The Bertz CT molecular complexity index is 1330. The molecule has 0 bridgehead atoms. The summed E-state index contributed by atoms with van der Waals surface area (Å²) in [7, 11) is 3.60. The molecule has 2 amide bonds. The number of nitrogens with zero attached hydrogens (tertiary/aromatic N) is 3. The van der Waals surface area contributed by atoms with Crippen LogP contribution in [0.1, 0.15) is 23.0 Å². The molecule has 0 aliphatic carbocycles. The van der Waals surface area contributed by atoms with Crippen LogP contribution in [-0.4, -0.2) is 51.3 Å². The fourth-order valence-corrected chi connectivity index (χ4v) is 8.08. The lowest BCUT2D eigenvalue weighted by Crippen LogP contribution is -2.62. The summed E-state index contributed by atoms with van der Waals surface area (Å²) >= 11 is 13.5. The van der Waals surface area contributed by atoms with Gasteiger partial charge in [-0.05, 0) is 49.5 Å². The average Bonchev–Trinajstić information content (AvgIpc) is 3.61. The number of benzene rings is 1. The lowest BCUT2D eigenvalue weighted by molar-refractivity contribution is -0.139. The van der Waals surface area contributed by atoms with Crippen molar-refractivity contribution in [2.24, 2.45) is 0 Å². The molecular weight excluding hydrogens is 494 g/mol. The van der Waals surface area contributed by atoms with E-state index in [9.17, 15) is 9.59 Å². The van der Waals surface area contributed by atoms with E-state index in [1.807, 2.05) is 24.1 Å². The first-order valence-corrected chi connectivity index (χ1v) is 12.3. The number of amides is 2. The van der Waals surface area contributed by atoms with Crippen molar-refractivity contribution in [3.05, 3.63) is 77.1 Å². The number of rotatable bonds is 3. The minimum absolute atomic E-state index is 0.190. The molecule has 0 N–H and O–H groups in total. The normalized spacial score (nSPS) is 28.8. The van der Waals surface area contributed by atoms with E-state index < -0.39 is 16.2 Å². The van der Waals surface area contributed by atoms with Crippen LogP contribution in [-0.2, 0) is 21.7 Å². The largest absolute Gasteiger partial charge is 0.469 e. The molecule has 2 spiro atoms. The van der Waals surface area contributed by atoms with E-state index in [0.717, 1.165) is 5.69 Å². The molecule has 0 radical (unpaired) electrons. The van der Waals surface area contributed by atoms with Gasteiger partial charge in [-0.25, -0.2) is 0 Å². The zero-order valence-corrected chi connectivity index (χ0v) is 20.7. The third-order valence-corrected chi connectivity index (χ3v) is 9.37. The second kappa shape index (κ2) is 7.45. The van der Waals surface area contributed by atoms with Crippen LogP contribution in [0.5, 0.6) is 0 Å². The molecule has 174 valence electrons. The third kappa shape index (κ3) is 2.55. The van der Waals surface area contributed by atoms with Crippen molar-refractivity contribution in [2.45, 2.75) is 22.7 Å². The lowest BCUT2D eigenvalue weighted by atomic mass is 9.73. The molecule has 2 saturated heterocycles. The number of hydrogen-bond donors (Lipinski definition) is 0. The summed E-state index contributed by atoms with van der Waals surface area (Å²) in [6, 6.07) is 12.6. The first-order valence-electron chi connectivity index (χ1n) is 10.7. The zero-order chi connectivity index (χ0) is 23.8. The van der Waals surface area contributed by atoms with Crippen LogP contribution >= 0.6 is 35.6 Å². The highest BCUT2D eigenvalue weighted by molar-refractivity contribution is 8.25. The monoisotopic (exact) mass is 513 g/mol. The van der Waals surface area contributed by atoms with E-state index in [2.05, 4.69) is 0 Å². The van der Waals surface area contributed by atoms with Gasteiger partial charge in [0, 0.05) is 29.9 Å². The van der Waals surface area contributed by atoms with E-state index >= 15 is 0 Å². The quantitative estimate of drug-likeness (QED) is 0.485. The van der Waals surface area contributed by atoms with Gasteiger partial charge >= 0.3 is 0 Å². The molecule has 3 aliphatic heterocycles. The third-order valence-electron chi connectivity index (χ3n) is 7.19. The lowest BCUT2D eigenvalue weighted by Gasteiger charge is -2.41. The number of carbonyl (C=O) groups excluding carboxylic acids is 2. The van der Waals surface area contributed by atoms with Crippen molar-refractivity contribution in [1.29, 1.82) is 0 Å². The standard InChI is InChI=1S/C24H20ClN3O4S2/c1-26-13-17(19-6-4-10-32-19)24(21(30)28(22(33)34-24)12-15-5-3-9-31-15)23(26)16-11-14(25)7-8-18(16)27(2)20(23)29/h3-11,17H,12-13H2,1-2H3/t17-,23-,24+/m1/s1. The van der Waals surface area contributed by atoms with Crippen molar-refractivity contribution < 1.29 is 18.4 Å². The van der Waals surface area contributed by atoms with Crippen molar-refractivity contribution in [2.75, 3.05) is 25.5 Å². The molecule has 10 heteroatoms. The topological polar surface area (TPSA) is 70.1 Å². The van der Waals surface area contributed by atoms with Crippen LogP contribution in [0, 0.1) is 0 Å². The van der Waals surface area contributed by atoms with E-state index in [1.165, 1.54) is 11.8 Å². The number of fused-ring (bicyclic) bond motifs is 3. The summed E-state index contributed by atoms with van der Waals surface area (Å²) in [6.07, 6.45) is 3.15. The van der Waals surface area contributed by atoms with E-state index in [-0.39, 0.29) is 18.4 Å². The SMILES string of the molecule is CN1C(=O)[C@@]2(c3cc(Cl)ccc31)N(C)C[C@H](c1ccco1)[C@@]21SC(=S)N(Cc2ccco2)C1=O. The molecule has 2 aromatic heterocycles. The number of likely N-dealkylation sites (N-methyl/N-ethyl adjacent to an activating group) is 2. The number of likely N-dealkylation sites (tertiary alicyclic amines) is 1. The van der Waals surface area contributed by atoms with Gasteiger partial charge in [-0.15, -0.1) is 0 Å². The molecule has 3 aliphatic rings. The summed E-state index contributed by atoms with van der Waals surface area (Å²) in [4.78, 5) is 33.9. The summed E-state index contributed by atoms with van der Waals surface area (Å²) in [5, 5.41) is 0.497. The summed E-state index contributed by atoms with van der Waals surface area (Å²) in [5.74, 6) is 0.399. The van der Waals surface area contributed by atoms with Crippen LogP contribution in [0.25, 0.3) is 0 Å². The first-order chi connectivity index (χ1) is 16.3. The molecule has 3 aromatic rings. The average molecular weight is 514 g/mol. The molecule has 0 saturated carbocycles. The number of furan rings is 2. The van der Waals surface area contributed by atoms with Crippen molar-refractivity contribution >= 4 is 57.4 Å². The summed E-state index contributed by atoms with van der Waals surface area (Å²) in [6.45, 7) is 0.617. The number of hydrogen-bond acceptors (Lipinski definition) is 7. The highest BCUT2D eigenvalue weighted by Gasteiger charge is 2.79. The van der Waals surface area contributed by atoms with Gasteiger partial charge in [0.1, 0.15) is 20.6 Å². The van der Waals surface area contributed by atoms with Gasteiger partial charge in [0.05, 0.1) is 25.0 Å². The van der Waals surface area contributed by atoms with Gasteiger partial charge in [-0.3, -0.25) is 19.4 Å². The Labute approximate surface area is 210 Å². The van der Waals surface area contributed by atoms with Gasteiger partial charge in [-0.1, -0.05) is 35.6 Å². The number of thioether (sulfide) groups is 1. The summed E-state index contributed by atoms with van der Waals surface area (Å²) in [5.41, 5.74) is 0.112. The maximum atomic E-state index is 14.5. The fraction of sp³-hybridized carbons (Fsp3) is 0.292. The van der Waals surface area contributed by atoms with Gasteiger partial charge in [-0.2, -0.15) is 0 Å². The molecule has 6 rings (SSSR count). The molecule has 5 heterocycles. The Kier molecular flexibility index (Phi) is 4.80. The predicted octanol–water partition coefficient (Wildman–Crippen LogP) is 4.23. The maximum Gasteiger partial charge on any atom is 0.254 e. The minimum atomic E-state index is -1.32. The first kappa shape index (κ1) is 21.9. The molecule has 34 heavy (non-hydrogen) atoms. The molecule has 0 unspecified atom stereocenters. The van der Waals surface area contributed by atoms with E-state index in [4.69, 9.17) is 32.7 Å². The highest BCUT2D eigenvalue weighted by Crippen LogP contribution is 2.66. The van der Waals surface area contributed by atoms with Crippen molar-refractivity contribution in [3.63, 3.8) is 0 Å². The maximum absolute atomic E-state index is 14.5.